The van der Waals surface area contributed by atoms with Crippen molar-refractivity contribution in [2.75, 3.05) is 5.32 Å². The zero-order chi connectivity index (χ0) is 22.6. The summed E-state index contributed by atoms with van der Waals surface area (Å²) in [4.78, 5) is 32.6. The number of nitrogens with one attached hydrogen (secondary N) is 2. The molecule has 5 rings (SSSR count). The molecule has 1 aliphatic carbocycles. The third-order valence-corrected chi connectivity index (χ3v) is 5.95. The summed E-state index contributed by atoms with van der Waals surface area (Å²) in [5.74, 6) is 1.52. The van der Waals surface area contributed by atoms with E-state index in [9.17, 15) is 9.59 Å². The van der Waals surface area contributed by atoms with Crippen LogP contribution in [0.2, 0.25) is 0 Å². The molecule has 2 N–H and O–H groups in total. The second kappa shape index (κ2) is 9.28. The first-order valence-electron chi connectivity index (χ1n) is 11.3. The number of H-pyrrole nitrogens is 1. The van der Waals surface area contributed by atoms with Crippen molar-refractivity contribution in [3.05, 3.63) is 71.2 Å². The summed E-state index contributed by atoms with van der Waals surface area (Å²) in [5.41, 5.74) is 1.55. The molecule has 1 aromatic carbocycles. The predicted molar refractivity (Wildman–Crippen MR) is 125 cm³/mol. The first-order chi connectivity index (χ1) is 16.2. The van der Waals surface area contributed by atoms with E-state index in [0.717, 1.165) is 18.4 Å². The van der Waals surface area contributed by atoms with Gasteiger partial charge in [-0.05, 0) is 30.9 Å². The zero-order valence-electron chi connectivity index (χ0n) is 18.2. The van der Waals surface area contributed by atoms with Gasteiger partial charge in [0.1, 0.15) is 11.5 Å². The second-order valence-electron chi connectivity index (χ2n) is 8.38. The number of furan rings is 1. The van der Waals surface area contributed by atoms with Gasteiger partial charge in [0, 0.05) is 24.1 Å². The largest absolute Gasteiger partial charge is 0.463 e. The molecule has 0 spiro atoms. The van der Waals surface area contributed by atoms with Crippen molar-refractivity contribution in [1.82, 2.24) is 19.7 Å². The fraction of sp³-hybridized carbons (Fsp3) is 0.280. The lowest BCUT2D eigenvalue weighted by Crippen LogP contribution is -2.21. The third kappa shape index (κ3) is 4.79. The van der Waals surface area contributed by atoms with Gasteiger partial charge in [-0.1, -0.05) is 49.6 Å². The molecule has 3 aromatic heterocycles. The van der Waals surface area contributed by atoms with Crippen LogP contribution in [0.25, 0.3) is 28.7 Å². The summed E-state index contributed by atoms with van der Waals surface area (Å²) in [6, 6.07) is 16.2. The Labute approximate surface area is 190 Å². The number of rotatable bonds is 6. The van der Waals surface area contributed by atoms with Gasteiger partial charge in [0.15, 0.2) is 5.76 Å². The van der Waals surface area contributed by atoms with E-state index in [1.807, 2.05) is 30.3 Å². The van der Waals surface area contributed by atoms with E-state index in [1.54, 1.807) is 24.5 Å². The van der Waals surface area contributed by atoms with Crippen LogP contribution in [-0.4, -0.2) is 25.7 Å². The first-order valence-corrected chi connectivity index (χ1v) is 11.3. The number of aromatic amines is 1. The fourth-order valence-electron chi connectivity index (χ4n) is 4.33. The zero-order valence-corrected chi connectivity index (χ0v) is 18.2. The maximum atomic E-state index is 12.8. The van der Waals surface area contributed by atoms with Crippen LogP contribution < -0.4 is 10.9 Å². The van der Waals surface area contributed by atoms with Gasteiger partial charge >= 0.3 is 0 Å². The topological polar surface area (TPSA) is 106 Å². The number of aromatic nitrogens is 4. The summed E-state index contributed by atoms with van der Waals surface area (Å²) in [6.07, 6.45) is 7.79. The number of hydrogen-bond donors (Lipinski definition) is 2. The molecular formula is C25H25N5O3. The van der Waals surface area contributed by atoms with Gasteiger partial charge in [-0.15, -0.1) is 0 Å². The molecule has 0 bridgehead atoms. The Bertz CT molecular complexity index is 1290. The highest BCUT2D eigenvalue weighted by Crippen LogP contribution is 2.28. The van der Waals surface area contributed by atoms with Gasteiger partial charge in [-0.3, -0.25) is 14.6 Å². The molecule has 168 valence electrons. The van der Waals surface area contributed by atoms with Crippen molar-refractivity contribution >= 4 is 11.7 Å². The summed E-state index contributed by atoms with van der Waals surface area (Å²) < 4.78 is 6.94. The highest BCUT2D eigenvalue weighted by Gasteiger charge is 2.21. The standard InChI is InChI=1S/C25H25N5O3/c31-23(14-17-8-3-1-4-9-17)27-22-15-20(21-12-7-13-33-21)29-30(22)25-26-19(16-24(32)28-25)18-10-5-2-6-11-18/h2,5-7,10-13,15-17H,1,3-4,8-9,14H2,(H,27,31)(H,26,28,32). The van der Waals surface area contributed by atoms with Crippen LogP contribution in [0.3, 0.4) is 0 Å². The Kier molecular flexibility index (Phi) is 5.89. The minimum Gasteiger partial charge on any atom is -0.463 e. The summed E-state index contributed by atoms with van der Waals surface area (Å²) in [6.45, 7) is 0. The number of carbonyl (C=O) groups is 1. The number of benzene rings is 1. The first kappa shape index (κ1) is 20.9. The van der Waals surface area contributed by atoms with Crippen LogP contribution in [0.1, 0.15) is 38.5 Å². The number of carbonyl (C=O) groups excluding carboxylic acids is 1. The highest BCUT2D eigenvalue weighted by atomic mass is 16.3. The molecule has 8 heteroatoms. The SMILES string of the molecule is O=C(CC1CCCCC1)Nc1cc(-c2ccco2)nn1-c1nc(-c2ccccc2)cc(=O)[nH]1. The fourth-order valence-corrected chi connectivity index (χ4v) is 4.33. The van der Waals surface area contributed by atoms with Gasteiger partial charge < -0.3 is 9.73 Å². The average molecular weight is 444 g/mol. The molecule has 3 heterocycles. The highest BCUT2D eigenvalue weighted by molar-refractivity contribution is 5.90. The Hall–Kier alpha value is -3.94. The number of nitrogens with zero attached hydrogens (tertiary/aromatic N) is 3. The Morgan fingerprint density at radius 2 is 1.88 bits per heavy atom. The van der Waals surface area contributed by atoms with Crippen molar-refractivity contribution < 1.29 is 9.21 Å². The Balaban J connectivity index is 1.50. The molecule has 33 heavy (non-hydrogen) atoms. The Morgan fingerprint density at radius 1 is 1.06 bits per heavy atom. The van der Waals surface area contributed by atoms with E-state index < -0.39 is 0 Å². The molecule has 1 aliphatic rings. The monoisotopic (exact) mass is 443 g/mol. The Morgan fingerprint density at radius 3 is 2.64 bits per heavy atom. The van der Waals surface area contributed by atoms with Gasteiger partial charge in [-0.25, -0.2) is 4.98 Å². The van der Waals surface area contributed by atoms with E-state index in [4.69, 9.17) is 4.42 Å². The molecule has 0 saturated heterocycles. The molecule has 8 nitrogen and oxygen atoms in total. The van der Waals surface area contributed by atoms with E-state index in [2.05, 4.69) is 20.4 Å². The second-order valence-corrected chi connectivity index (χ2v) is 8.38. The predicted octanol–water partition coefficient (Wildman–Crippen LogP) is 4.79. The molecule has 0 unspecified atom stereocenters. The molecule has 0 radical (unpaired) electrons. The summed E-state index contributed by atoms with van der Waals surface area (Å²) in [5, 5.41) is 7.55. The van der Waals surface area contributed by atoms with Gasteiger partial charge in [0.05, 0.1) is 12.0 Å². The third-order valence-electron chi connectivity index (χ3n) is 5.95. The van der Waals surface area contributed by atoms with Crippen molar-refractivity contribution in [2.45, 2.75) is 38.5 Å². The average Bonchev–Trinajstić information content (AvgIpc) is 3.50. The maximum Gasteiger partial charge on any atom is 0.252 e. The number of amides is 1. The molecule has 0 aliphatic heterocycles. The van der Waals surface area contributed by atoms with Crippen LogP contribution in [0.4, 0.5) is 5.82 Å². The van der Waals surface area contributed by atoms with E-state index in [0.29, 0.717) is 35.3 Å². The summed E-state index contributed by atoms with van der Waals surface area (Å²) >= 11 is 0. The molecule has 0 atom stereocenters. The number of hydrogen-bond acceptors (Lipinski definition) is 5. The lowest BCUT2D eigenvalue weighted by Gasteiger charge is -2.20. The molecule has 4 aromatic rings. The lowest BCUT2D eigenvalue weighted by atomic mass is 9.87. The van der Waals surface area contributed by atoms with E-state index in [-0.39, 0.29) is 17.4 Å². The maximum absolute atomic E-state index is 12.8. The van der Waals surface area contributed by atoms with Crippen LogP contribution in [-0.2, 0) is 4.79 Å². The van der Waals surface area contributed by atoms with E-state index >= 15 is 0 Å². The van der Waals surface area contributed by atoms with E-state index in [1.165, 1.54) is 30.0 Å². The van der Waals surface area contributed by atoms with Gasteiger partial charge in [0.25, 0.3) is 5.56 Å². The summed E-state index contributed by atoms with van der Waals surface area (Å²) in [7, 11) is 0. The van der Waals surface area contributed by atoms with Crippen LogP contribution in [0, 0.1) is 5.92 Å². The van der Waals surface area contributed by atoms with Gasteiger partial charge in [0.2, 0.25) is 11.9 Å². The van der Waals surface area contributed by atoms with Crippen molar-refractivity contribution in [3.63, 3.8) is 0 Å². The van der Waals surface area contributed by atoms with Crippen LogP contribution >= 0.6 is 0 Å². The van der Waals surface area contributed by atoms with Crippen LogP contribution in [0.15, 0.2) is 70.1 Å². The molecular weight excluding hydrogens is 418 g/mol. The van der Waals surface area contributed by atoms with Crippen molar-refractivity contribution in [1.29, 1.82) is 0 Å². The minimum atomic E-state index is -0.312. The lowest BCUT2D eigenvalue weighted by molar-refractivity contribution is -0.117. The van der Waals surface area contributed by atoms with Crippen molar-refractivity contribution in [3.8, 4) is 28.7 Å². The quantitative estimate of drug-likeness (QED) is 0.446. The normalized spacial score (nSPS) is 14.3. The molecule has 1 fully saturated rings. The van der Waals surface area contributed by atoms with Crippen molar-refractivity contribution in [2.24, 2.45) is 5.92 Å². The number of anilines is 1. The smallest absolute Gasteiger partial charge is 0.252 e. The molecule has 1 saturated carbocycles. The minimum absolute atomic E-state index is 0.0735. The molecule has 1 amide bonds. The van der Waals surface area contributed by atoms with Gasteiger partial charge in [-0.2, -0.15) is 9.78 Å². The van der Waals surface area contributed by atoms with Crippen LogP contribution in [0.5, 0.6) is 0 Å².